The molecule has 2 fully saturated rings. The number of ether oxygens (including phenoxy) is 1. The molecular weight excluding hydrogens is 444 g/mol. The van der Waals surface area contributed by atoms with Crippen molar-refractivity contribution < 1.29 is 14.6 Å². The van der Waals surface area contributed by atoms with Crippen molar-refractivity contribution in [2.24, 2.45) is 11.8 Å². The number of nitrogens with zero attached hydrogens (tertiary/aromatic N) is 1. The van der Waals surface area contributed by atoms with E-state index in [1.54, 1.807) is 11.8 Å². The Morgan fingerprint density at radius 3 is 2.50 bits per heavy atom. The summed E-state index contributed by atoms with van der Waals surface area (Å²) in [5, 5.41) is 14.2. The van der Waals surface area contributed by atoms with Crippen LogP contribution in [0.1, 0.15) is 44.6 Å². The maximum Gasteiger partial charge on any atom is 0.407 e. The van der Waals surface area contributed by atoms with Crippen molar-refractivity contribution in [1.82, 2.24) is 10.2 Å². The number of benzene rings is 2. The summed E-state index contributed by atoms with van der Waals surface area (Å²) >= 11 is 1.65. The van der Waals surface area contributed by atoms with Gasteiger partial charge in [0.15, 0.2) is 0 Å². The van der Waals surface area contributed by atoms with Crippen LogP contribution in [-0.2, 0) is 11.3 Å². The number of aliphatic hydroxyl groups excluding tert-OH is 1. The predicted molar refractivity (Wildman–Crippen MR) is 138 cm³/mol. The molecule has 6 heteroatoms. The molecule has 184 valence electrons. The maximum absolute atomic E-state index is 12.6. The number of fused-ring (bicyclic) bond motifs is 1. The second-order valence-electron chi connectivity index (χ2n) is 9.85. The van der Waals surface area contributed by atoms with Crippen LogP contribution < -0.4 is 5.32 Å². The molecule has 2 aromatic carbocycles. The monoisotopic (exact) mass is 482 g/mol. The lowest BCUT2D eigenvalue weighted by atomic mass is 9.73. The Hall–Kier alpha value is -2.02. The van der Waals surface area contributed by atoms with Crippen molar-refractivity contribution >= 4 is 17.9 Å². The number of hydrogen-bond donors (Lipinski definition) is 2. The second-order valence-corrected chi connectivity index (χ2v) is 10.9. The zero-order valence-electron chi connectivity index (χ0n) is 20.1. The van der Waals surface area contributed by atoms with Gasteiger partial charge in [0, 0.05) is 29.8 Å². The van der Waals surface area contributed by atoms with Crippen LogP contribution in [0.25, 0.3) is 0 Å². The van der Waals surface area contributed by atoms with Crippen molar-refractivity contribution in [3.63, 3.8) is 0 Å². The van der Waals surface area contributed by atoms with Crippen molar-refractivity contribution in [3.8, 4) is 0 Å². The molecule has 2 aromatic rings. The number of rotatable bonds is 9. The van der Waals surface area contributed by atoms with E-state index < -0.39 is 18.2 Å². The molecule has 2 N–H and O–H groups in total. The lowest BCUT2D eigenvalue weighted by Crippen LogP contribution is -2.54. The van der Waals surface area contributed by atoms with E-state index in [4.69, 9.17) is 4.74 Å². The van der Waals surface area contributed by atoms with E-state index in [1.165, 1.54) is 32.1 Å². The van der Waals surface area contributed by atoms with E-state index in [0.717, 1.165) is 28.8 Å². The zero-order chi connectivity index (χ0) is 23.8. The van der Waals surface area contributed by atoms with Crippen molar-refractivity contribution in [2.75, 3.05) is 18.8 Å². The summed E-state index contributed by atoms with van der Waals surface area (Å²) in [4.78, 5) is 16.2. The van der Waals surface area contributed by atoms with Gasteiger partial charge in [-0.15, -0.1) is 11.8 Å². The van der Waals surface area contributed by atoms with Gasteiger partial charge in [-0.1, -0.05) is 67.8 Å². The van der Waals surface area contributed by atoms with Gasteiger partial charge in [0.2, 0.25) is 0 Å². The third-order valence-corrected chi connectivity index (χ3v) is 8.51. The second kappa shape index (κ2) is 12.6. The Morgan fingerprint density at radius 2 is 1.76 bits per heavy atom. The lowest BCUT2D eigenvalue weighted by Gasteiger charge is -2.46. The Labute approximate surface area is 208 Å². The SMILES string of the molecule is C[C@@H]1C[C@@H]2CCCC[C@@H]2CN1C[C@@H](O)[C@H](CSc1ccccc1)NC(=O)OCc1ccccc1. The molecule has 34 heavy (non-hydrogen) atoms. The number of hydrogen-bond acceptors (Lipinski definition) is 5. The summed E-state index contributed by atoms with van der Waals surface area (Å²) < 4.78 is 5.46. The Bertz CT molecular complexity index is 882. The normalized spacial score (nSPS) is 24.6. The van der Waals surface area contributed by atoms with Crippen LogP contribution in [0, 0.1) is 11.8 Å². The van der Waals surface area contributed by atoms with Gasteiger partial charge in [-0.2, -0.15) is 0 Å². The fourth-order valence-electron chi connectivity index (χ4n) is 5.39. The number of nitrogens with one attached hydrogen (secondary N) is 1. The van der Waals surface area contributed by atoms with Gasteiger partial charge in [0.05, 0.1) is 12.1 Å². The molecule has 1 saturated heterocycles. The first-order valence-corrected chi connectivity index (χ1v) is 13.6. The number of alkyl carbamates (subject to hydrolysis) is 1. The molecule has 0 aromatic heterocycles. The summed E-state index contributed by atoms with van der Waals surface area (Å²) in [5.74, 6) is 2.17. The van der Waals surface area contributed by atoms with Crippen LogP contribution in [0.4, 0.5) is 4.79 Å². The molecule has 5 atom stereocenters. The van der Waals surface area contributed by atoms with Gasteiger partial charge in [0.25, 0.3) is 0 Å². The predicted octanol–water partition coefficient (Wildman–Crippen LogP) is 5.34. The van der Waals surface area contributed by atoms with E-state index >= 15 is 0 Å². The molecule has 0 bridgehead atoms. The summed E-state index contributed by atoms with van der Waals surface area (Å²) in [6.07, 6.45) is 5.43. The minimum Gasteiger partial charge on any atom is -0.445 e. The molecular formula is C28H38N2O3S. The molecule has 1 aliphatic heterocycles. The number of carbonyl (C=O) groups is 1. The van der Waals surface area contributed by atoms with E-state index in [1.807, 2.05) is 48.5 Å². The maximum atomic E-state index is 12.6. The largest absolute Gasteiger partial charge is 0.445 e. The Balaban J connectivity index is 1.36. The van der Waals surface area contributed by atoms with Gasteiger partial charge < -0.3 is 15.2 Å². The van der Waals surface area contributed by atoms with Crippen molar-refractivity contribution in [3.05, 3.63) is 66.2 Å². The number of aliphatic hydroxyl groups is 1. The molecule has 1 heterocycles. The molecule has 2 aliphatic rings. The average molecular weight is 483 g/mol. The van der Waals surface area contributed by atoms with Gasteiger partial charge >= 0.3 is 6.09 Å². The summed E-state index contributed by atoms with van der Waals surface area (Å²) in [6, 6.07) is 19.8. The van der Waals surface area contributed by atoms with Crippen molar-refractivity contribution in [2.45, 2.75) is 68.7 Å². The average Bonchev–Trinajstić information content (AvgIpc) is 2.87. The third-order valence-electron chi connectivity index (χ3n) is 7.38. The summed E-state index contributed by atoms with van der Waals surface area (Å²) in [5.41, 5.74) is 0.942. The van der Waals surface area contributed by atoms with Crippen LogP contribution in [0.2, 0.25) is 0 Å². The first-order chi connectivity index (χ1) is 16.6. The summed E-state index contributed by atoms with van der Waals surface area (Å²) in [7, 11) is 0. The standard InChI is InChI=1S/C28H38N2O3S/c1-21-16-23-12-8-9-13-24(23)17-30(21)18-27(31)26(20-34-25-14-6-3-7-15-25)29-28(32)33-19-22-10-4-2-5-11-22/h2-7,10-11,14-15,21,23-24,26-27,31H,8-9,12-13,16-20H2,1H3,(H,29,32)/t21-,23+,24-,26+,27-/m1/s1. The number of likely N-dealkylation sites (tertiary alicyclic amines) is 1. The molecule has 0 spiro atoms. The minimum absolute atomic E-state index is 0.216. The molecule has 5 nitrogen and oxygen atoms in total. The first-order valence-electron chi connectivity index (χ1n) is 12.7. The van der Waals surface area contributed by atoms with E-state index in [9.17, 15) is 9.90 Å². The van der Waals surface area contributed by atoms with Gasteiger partial charge in [0.1, 0.15) is 6.61 Å². The third kappa shape index (κ3) is 7.24. The smallest absolute Gasteiger partial charge is 0.407 e. The highest BCUT2D eigenvalue weighted by Gasteiger charge is 2.36. The molecule has 0 radical (unpaired) electrons. The van der Waals surface area contributed by atoms with Gasteiger partial charge in [-0.05, 0) is 49.3 Å². The summed E-state index contributed by atoms with van der Waals surface area (Å²) in [6.45, 7) is 4.13. The van der Waals surface area contributed by atoms with Crippen molar-refractivity contribution in [1.29, 1.82) is 0 Å². The lowest BCUT2D eigenvalue weighted by molar-refractivity contribution is 0.00536. The fraction of sp³-hybridized carbons (Fsp3) is 0.536. The number of amides is 1. The molecule has 1 aliphatic carbocycles. The highest BCUT2D eigenvalue weighted by molar-refractivity contribution is 7.99. The fourth-order valence-corrected chi connectivity index (χ4v) is 6.42. The number of carbonyl (C=O) groups excluding carboxylic acids is 1. The molecule has 4 rings (SSSR count). The zero-order valence-corrected chi connectivity index (χ0v) is 21.0. The molecule has 0 unspecified atom stereocenters. The highest BCUT2D eigenvalue weighted by Crippen LogP contribution is 2.38. The van der Waals surface area contributed by atoms with Crippen LogP contribution in [0.15, 0.2) is 65.6 Å². The Kier molecular flexibility index (Phi) is 9.31. The minimum atomic E-state index is -0.664. The van der Waals surface area contributed by atoms with Crippen LogP contribution in [0.5, 0.6) is 0 Å². The van der Waals surface area contributed by atoms with Crippen LogP contribution >= 0.6 is 11.8 Å². The van der Waals surface area contributed by atoms with Gasteiger partial charge in [-0.3, -0.25) is 4.90 Å². The molecule has 1 amide bonds. The van der Waals surface area contributed by atoms with E-state index in [0.29, 0.717) is 18.3 Å². The van der Waals surface area contributed by atoms with Crippen LogP contribution in [-0.4, -0.2) is 53.1 Å². The molecule has 1 saturated carbocycles. The van der Waals surface area contributed by atoms with Gasteiger partial charge in [-0.25, -0.2) is 4.79 Å². The topological polar surface area (TPSA) is 61.8 Å². The highest BCUT2D eigenvalue weighted by atomic mass is 32.2. The number of β-amino-alcohol motifs (C(OH)–C–C–N with tert-alkyl or cyclic N) is 1. The first kappa shape index (κ1) is 25.1. The quantitative estimate of drug-likeness (QED) is 0.473. The number of piperidine rings is 1. The van der Waals surface area contributed by atoms with Crippen LogP contribution in [0.3, 0.4) is 0 Å². The van der Waals surface area contributed by atoms with E-state index in [-0.39, 0.29) is 6.61 Å². The Morgan fingerprint density at radius 1 is 1.09 bits per heavy atom. The van der Waals surface area contributed by atoms with E-state index in [2.05, 4.69) is 29.3 Å². The number of thioether (sulfide) groups is 1.